The van der Waals surface area contributed by atoms with Crippen LogP contribution in [0.4, 0.5) is 0 Å². The molecular weight excluding hydrogens is 304 g/mol. The van der Waals surface area contributed by atoms with Crippen LogP contribution in [0.1, 0.15) is 35.8 Å². The maximum Gasteiger partial charge on any atom is 0.247 e. The summed E-state index contributed by atoms with van der Waals surface area (Å²) in [6.45, 7) is 0.932. The summed E-state index contributed by atoms with van der Waals surface area (Å²) in [4.78, 5) is 27.3. The van der Waals surface area contributed by atoms with Gasteiger partial charge in [-0.3, -0.25) is 9.59 Å². The third-order valence-electron chi connectivity index (χ3n) is 4.76. The number of carbonyl (C=O) groups is 2. The first kappa shape index (κ1) is 15.0. The predicted octanol–water partition coefficient (Wildman–Crippen LogP) is 2.43. The Labute approximate surface area is 140 Å². The number of nitrogens with zero attached hydrogens (tertiary/aromatic N) is 1. The van der Waals surface area contributed by atoms with E-state index in [1.165, 1.54) is 0 Å². The first-order valence-electron chi connectivity index (χ1n) is 8.42. The van der Waals surface area contributed by atoms with Crippen LogP contribution in [0.2, 0.25) is 0 Å². The number of furan rings is 1. The average Bonchev–Trinajstić information content (AvgIpc) is 3.34. The van der Waals surface area contributed by atoms with E-state index < -0.39 is 6.04 Å². The molecular formula is C19H20N2O3. The fourth-order valence-corrected chi connectivity index (χ4v) is 3.34. The second-order valence-electron chi connectivity index (χ2n) is 6.45. The Bertz CT molecular complexity index is 750. The molecule has 0 saturated heterocycles. The fraction of sp³-hybridized carbons (Fsp3) is 0.368. The summed E-state index contributed by atoms with van der Waals surface area (Å²) in [5.74, 6) is 0.776. The van der Waals surface area contributed by atoms with Crippen LogP contribution in [-0.2, 0) is 22.6 Å². The van der Waals surface area contributed by atoms with Crippen LogP contribution >= 0.6 is 0 Å². The van der Waals surface area contributed by atoms with Gasteiger partial charge in [0.2, 0.25) is 11.8 Å². The van der Waals surface area contributed by atoms with Gasteiger partial charge in [0.05, 0.1) is 12.8 Å². The number of nitrogens with one attached hydrogen (secondary N) is 1. The van der Waals surface area contributed by atoms with Gasteiger partial charge in [-0.25, -0.2) is 0 Å². The average molecular weight is 324 g/mol. The lowest BCUT2D eigenvalue weighted by Crippen LogP contribution is -2.47. The molecule has 0 spiro atoms. The molecule has 5 heteroatoms. The molecule has 1 aromatic carbocycles. The third-order valence-corrected chi connectivity index (χ3v) is 4.76. The lowest BCUT2D eigenvalue weighted by Gasteiger charge is -2.36. The molecule has 2 aromatic rings. The number of carbonyl (C=O) groups excluding carboxylic acids is 2. The van der Waals surface area contributed by atoms with Gasteiger partial charge in [-0.1, -0.05) is 24.3 Å². The first-order chi connectivity index (χ1) is 11.7. The molecule has 2 aliphatic rings. The van der Waals surface area contributed by atoms with Crippen molar-refractivity contribution in [2.24, 2.45) is 5.92 Å². The second-order valence-corrected chi connectivity index (χ2v) is 6.45. The standard InChI is InChI=1S/C19H20N2O3/c22-18(20-12-15-5-3-11-24-15)17-16-6-2-1-4-13(16)9-10-21(17)19(23)14-7-8-14/h1-6,11,14,17H,7-10,12H2,(H,20,22). The van der Waals surface area contributed by atoms with Crippen molar-refractivity contribution in [1.29, 1.82) is 0 Å². The molecule has 1 atom stereocenters. The molecule has 1 aliphatic heterocycles. The number of rotatable bonds is 4. The highest BCUT2D eigenvalue weighted by atomic mass is 16.3. The highest BCUT2D eigenvalue weighted by Gasteiger charge is 2.41. The minimum absolute atomic E-state index is 0.107. The van der Waals surface area contributed by atoms with Crippen molar-refractivity contribution >= 4 is 11.8 Å². The van der Waals surface area contributed by atoms with Crippen molar-refractivity contribution in [1.82, 2.24) is 10.2 Å². The van der Waals surface area contributed by atoms with Crippen LogP contribution < -0.4 is 5.32 Å². The molecule has 1 saturated carbocycles. The molecule has 4 rings (SSSR count). The van der Waals surface area contributed by atoms with Crippen LogP contribution in [0.3, 0.4) is 0 Å². The second kappa shape index (κ2) is 6.15. The Balaban J connectivity index is 1.59. The Kier molecular flexibility index (Phi) is 3.84. The lowest BCUT2D eigenvalue weighted by atomic mass is 9.91. The Morgan fingerprint density at radius 2 is 2.00 bits per heavy atom. The summed E-state index contributed by atoms with van der Waals surface area (Å²) in [5, 5.41) is 2.91. The Morgan fingerprint density at radius 1 is 1.17 bits per heavy atom. The summed E-state index contributed by atoms with van der Waals surface area (Å²) in [6, 6.07) is 11.0. The van der Waals surface area contributed by atoms with Gasteiger partial charge in [0.15, 0.2) is 0 Å². The molecule has 24 heavy (non-hydrogen) atoms. The Morgan fingerprint density at radius 3 is 2.75 bits per heavy atom. The van der Waals surface area contributed by atoms with Gasteiger partial charge in [0, 0.05) is 12.5 Å². The van der Waals surface area contributed by atoms with Gasteiger partial charge in [0.1, 0.15) is 11.8 Å². The molecule has 2 heterocycles. The van der Waals surface area contributed by atoms with E-state index in [2.05, 4.69) is 5.32 Å². The van der Waals surface area contributed by atoms with Crippen LogP contribution in [0, 0.1) is 5.92 Å². The minimum Gasteiger partial charge on any atom is -0.467 e. The predicted molar refractivity (Wildman–Crippen MR) is 87.9 cm³/mol. The van der Waals surface area contributed by atoms with Crippen molar-refractivity contribution in [3.63, 3.8) is 0 Å². The van der Waals surface area contributed by atoms with Gasteiger partial charge < -0.3 is 14.6 Å². The van der Waals surface area contributed by atoms with E-state index in [0.29, 0.717) is 18.8 Å². The molecule has 1 unspecified atom stereocenters. The summed E-state index contributed by atoms with van der Waals surface area (Å²) in [7, 11) is 0. The van der Waals surface area contributed by atoms with Gasteiger partial charge >= 0.3 is 0 Å². The van der Waals surface area contributed by atoms with E-state index in [0.717, 1.165) is 30.4 Å². The normalized spacial score (nSPS) is 19.7. The zero-order valence-electron chi connectivity index (χ0n) is 13.4. The number of fused-ring (bicyclic) bond motifs is 1. The summed E-state index contributed by atoms with van der Waals surface area (Å²) in [6.07, 6.45) is 4.27. The SMILES string of the molecule is O=C(NCc1ccco1)C1c2ccccc2CCN1C(=O)C1CC1. The van der Waals surface area contributed by atoms with Gasteiger partial charge in [-0.15, -0.1) is 0 Å². The largest absolute Gasteiger partial charge is 0.467 e. The van der Waals surface area contributed by atoms with Crippen molar-refractivity contribution < 1.29 is 14.0 Å². The van der Waals surface area contributed by atoms with E-state index >= 15 is 0 Å². The molecule has 1 fully saturated rings. The van der Waals surface area contributed by atoms with E-state index in [9.17, 15) is 9.59 Å². The smallest absolute Gasteiger partial charge is 0.247 e. The van der Waals surface area contributed by atoms with Gasteiger partial charge in [-0.2, -0.15) is 0 Å². The Hall–Kier alpha value is -2.56. The number of amides is 2. The number of benzene rings is 1. The number of hydrogen-bond donors (Lipinski definition) is 1. The van der Waals surface area contributed by atoms with Gasteiger partial charge in [-0.05, 0) is 42.5 Å². The van der Waals surface area contributed by atoms with Crippen molar-refractivity contribution in [3.8, 4) is 0 Å². The molecule has 1 aliphatic carbocycles. The maximum atomic E-state index is 12.9. The van der Waals surface area contributed by atoms with Crippen molar-refractivity contribution in [3.05, 3.63) is 59.5 Å². The zero-order chi connectivity index (χ0) is 16.5. The van der Waals surface area contributed by atoms with Crippen LogP contribution in [0.15, 0.2) is 47.1 Å². The monoisotopic (exact) mass is 324 g/mol. The molecule has 1 aromatic heterocycles. The van der Waals surface area contributed by atoms with E-state index in [-0.39, 0.29) is 17.7 Å². The van der Waals surface area contributed by atoms with Crippen molar-refractivity contribution in [2.75, 3.05) is 6.54 Å². The summed E-state index contributed by atoms with van der Waals surface area (Å²) in [5.41, 5.74) is 2.09. The molecule has 5 nitrogen and oxygen atoms in total. The number of hydrogen-bond acceptors (Lipinski definition) is 3. The molecule has 2 amide bonds. The third kappa shape index (κ3) is 2.82. The lowest BCUT2D eigenvalue weighted by molar-refractivity contribution is -0.142. The van der Waals surface area contributed by atoms with Crippen LogP contribution in [0.5, 0.6) is 0 Å². The van der Waals surface area contributed by atoms with E-state index in [4.69, 9.17) is 4.42 Å². The van der Waals surface area contributed by atoms with E-state index in [1.807, 2.05) is 30.3 Å². The zero-order valence-corrected chi connectivity index (χ0v) is 13.4. The molecule has 0 radical (unpaired) electrons. The van der Waals surface area contributed by atoms with Crippen LogP contribution in [0.25, 0.3) is 0 Å². The first-order valence-corrected chi connectivity index (χ1v) is 8.42. The minimum atomic E-state index is -0.544. The molecule has 0 bridgehead atoms. The van der Waals surface area contributed by atoms with Gasteiger partial charge in [0.25, 0.3) is 0 Å². The maximum absolute atomic E-state index is 12.9. The summed E-state index contributed by atoms with van der Waals surface area (Å²) >= 11 is 0. The highest BCUT2D eigenvalue weighted by Crippen LogP contribution is 2.37. The summed E-state index contributed by atoms with van der Waals surface area (Å²) < 4.78 is 5.27. The van der Waals surface area contributed by atoms with Crippen LogP contribution in [-0.4, -0.2) is 23.3 Å². The van der Waals surface area contributed by atoms with Crippen molar-refractivity contribution in [2.45, 2.75) is 31.8 Å². The fourth-order valence-electron chi connectivity index (χ4n) is 3.34. The molecule has 1 N–H and O–H groups in total. The highest BCUT2D eigenvalue weighted by molar-refractivity contribution is 5.91. The molecule has 124 valence electrons. The van der Waals surface area contributed by atoms with E-state index in [1.54, 1.807) is 17.2 Å². The quantitative estimate of drug-likeness (QED) is 0.939. The topological polar surface area (TPSA) is 62.6 Å².